The molecule has 1 fully saturated rings. The van der Waals surface area contributed by atoms with Crippen molar-refractivity contribution in [1.82, 2.24) is 10.6 Å². The molecule has 4 nitrogen and oxygen atoms in total. The summed E-state index contributed by atoms with van der Waals surface area (Å²) in [4.78, 5) is 0. The smallest absolute Gasteiger partial charge is 0.185 e. The van der Waals surface area contributed by atoms with E-state index in [4.69, 9.17) is 17.0 Å². The van der Waals surface area contributed by atoms with Crippen LogP contribution in [-0.4, -0.2) is 21.5 Å². The van der Waals surface area contributed by atoms with Gasteiger partial charge in [-0.3, -0.25) is 0 Å². The molecule has 0 radical (unpaired) electrons. The van der Waals surface area contributed by atoms with Crippen molar-refractivity contribution in [2.75, 3.05) is 0 Å². The number of benzene rings is 2. The third-order valence-corrected chi connectivity index (χ3v) is 5.90. The predicted molar refractivity (Wildman–Crippen MR) is 111 cm³/mol. The average Bonchev–Trinajstić information content (AvgIpc) is 2.56. The van der Waals surface area contributed by atoms with Crippen molar-refractivity contribution in [3.8, 4) is 11.5 Å². The van der Waals surface area contributed by atoms with E-state index in [1.54, 1.807) is 6.07 Å². The van der Waals surface area contributed by atoms with E-state index >= 15 is 0 Å². The predicted octanol–water partition coefficient (Wildman–Crippen LogP) is 4.27. The standard InChI is InChI=1S/C22H26N2O2S/c1-13-7-5-6-8-15(13)17-11-22(12-21(3,4)23-20(27)24-22)26-19-14(2)18(25)10-9-16(17)19/h5-10,17,25H,11-12H2,1-4H3,(H2,23,24,27)/t17-,22+/m1/s1. The molecular weight excluding hydrogens is 356 g/mol. The summed E-state index contributed by atoms with van der Waals surface area (Å²) in [6, 6.07) is 12.3. The molecule has 1 spiro atoms. The minimum Gasteiger partial charge on any atom is -0.508 e. The van der Waals surface area contributed by atoms with Crippen LogP contribution >= 0.6 is 12.2 Å². The summed E-state index contributed by atoms with van der Waals surface area (Å²) in [6.45, 7) is 8.33. The van der Waals surface area contributed by atoms with Gasteiger partial charge >= 0.3 is 0 Å². The molecular formula is C22H26N2O2S. The normalized spacial score (nSPS) is 25.9. The number of hydrogen-bond donors (Lipinski definition) is 3. The van der Waals surface area contributed by atoms with Gasteiger partial charge in [-0.2, -0.15) is 0 Å². The lowest BCUT2D eigenvalue weighted by Crippen LogP contribution is -2.69. The molecule has 0 aliphatic carbocycles. The molecule has 0 aromatic heterocycles. The number of rotatable bonds is 1. The highest BCUT2D eigenvalue weighted by atomic mass is 32.1. The van der Waals surface area contributed by atoms with Crippen LogP contribution in [0.3, 0.4) is 0 Å². The summed E-state index contributed by atoms with van der Waals surface area (Å²) in [5.41, 5.74) is 3.65. The number of nitrogens with one attached hydrogen (secondary N) is 2. The Kier molecular flexibility index (Phi) is 4.11. The Morgan fingerprint density at radius 2 is 1.81 bits per heavy atom. The summed E-state index contributed by atoms with van der Waals surface area (Å²) in [6.07, 6.45) is 1.54. The van der Waals surface area contributed by atoms with Crippen LogP contribution in [0.4, 0.5) is 0 Å². The van der Waals surface area contributed by atoms with Crippen LogP contribution in [0.1, 0.15) is 54.9 Å². The second-order valence-electron chi connectivity index (χ2n) is 8.48. The lowest BCUT2D eigenvalue weighted by molar-refractivity contribution is -0.0135. The topological polar surface area (TPSA) is 53.5 Å². The Balaban J connectivity index is 1.89. The van der Waals surface area contributed by atoms with Crippen LogP contribution in [0, 0.1) is 13.8 Å². The van der Waals surface area contributed by atoms with Gasteiger partial charge in [0.15, 0.2) is 10.8 Å². The van der Waals surface area contributed by atoms with Crippen molar-refractivity contribution < 1.29 is 9.84 Å². The van der Waals surface area contributed by atoms with Crippen LogP contribution < -0.4 is 15.4 Å². The minimum absolute atomic E-state index is 0.165. The third kappa shape index (κ3) is 3.14. The number of thiocarbonyl (C=S) groups is 1. The lowest BCUT2D eigenvalue weighted by Gasteiger charge is -2.51. The summed E-state index contributed by atoms with van der Waals surface area (Å²) >= 11 is 5.49. The molecule has 3 N–H and O–H groups in total. The van der Waals surface area contributed by atoms with E-state index in [0.29, 0.717) is 5.11 Å². The van der Waals surface area contributed by atoms with Crippen LogP contribution in [0.15, 0.2) is 36.4 Å². The lowest BCUT2D eigenvalue weighted by atomic mass is 9.76. The molecule has 2 aliphatic rings. The summed E-state index contributed by atoms with van der Waals surface area (Å²) in [7, 11) is 0. The van der Waals surface area contributed by atoms with Crippen molar-refractivity contribution in [3.63, 3.8) is 0 Å². The van der Waals surface area contributed by atoms with E-state index in [0.717, 1.165) is 29.7 Å². The highest BCUT2D eigenvalue weighted by Gasteiger charge is 2.49. The van der Waals surface area contributed by atoms with Crippen molar-refractivity contribution in [2.45, 2.75) is 57.7 Å². The van der Waals surface area contributed by atoms with Gasteiger partial charge < -0.3 is 20.5 Å². The molecule has 2 aliphatic heterocycles. The second kappa shape index (κ2) is 6.13. The number of fused-ring (bicyclic) bond motifs is 1. The maximum Gasteiger partial charge on any atom is 0.185 e. The number of hydrogen-bond acceptors (Lipinski definition) is 3. The molecule has 2 aromatic rings. The van der Waals surface area contributed by atoms with Gasteiger partial charge in [0, 0.05) is 35.4 Å². The fraction of sp³-hybridized carbons (Fsp3) is 0.409. The van der Waals surface area contributed by atoms with E-state index < -0.39 is 5.72 Å². The average molecular weight is 383 g/mol. The number of aryl methyl sites for hydroxylation is 1. The first kappa shape index (κ1) is 18.1. The number of aromatic hydroxyl groups is 1. The van der Waals surface area contributed by atoms with E-state index in [-0.39, 0.29) is 17.2 Å². The van der Waals surface area contributed by atoms with Crippen molar-refractivity contribution >= 4 is 17.3 Å². The molecule has 0 saturated carbocycles. The zero-order valence-corrected chi connectivity index (χ0v) is 17.0. The first-order chi connectivity index (χ1) is 12.7. The van der Waals surface area contributed by atoms with E-state index in [2.05, 4.69) is 55.7 Å². The Labute approximate surface area is 165 Å². The minimum atomic E-state index is -0.607. The van der Waals surface area contributed by atoms with Crippen molar-refractivity contribution in [1.29, 1.82) is 0 Å². The molecule has 2 heterocycles. The maximum atomic E-state index is 10.3. The molecule has 27 heavy (non-hydrogen) atoms. The molecule has 0 amide bonds. The van der Waals surface area contributed by atoms with Gasteiger partial charge in [0.1, 0.15) is 11.5 Å². The van der Waals surface area contributed by atoms with E-state index in [1.165, 1.54) is 11.1 Å². The van der Waals surface area contributed by atoms with Gasteiger partial charge in [0.05, 0.1) is 0 Å². The third-order valence-electron chi connectivity index (χ3n) is 5.70. The summed E-state index contributed by atoms with van der Waals surface area (Å²) in [5.74, 6) is 1.19. The van der Waals surface area contributed by atoms with E-state index in [9.17, 15) is 5.11 Å². The molecule has 5 heteroatoms. The molecule has 1 saturated heterocycles. The van der Waals surface area contributed by atoms with Crippen LogP contribution in [0.5, 0.6) is 11.5 Å². The van der Waals surface area contributed by atoms with Gasteiger partial charge in [0.2, 0.25) is 0 Å². The Hall–Kier alpha value is -2.27. The van der Waals surface area contributed by atoms with Gasteiger partial charge in [-0.05, 0) is 57.1 Å². The number of ether oxygens (including phenoxy) is 1. The summed E-state index contributed by atoms with van der Waals surface area (Å²) < 4.78 is 6.57. The highest BCUT2D eigenvalue weighted by Crippen LogP contribution is 2.49. The number of phenolic OH excluding ortho intramolecular Hbond substituents is 1. The van der Waals surface area contributed by atoms with Crippen molar-refractivity contribution in [3.05, 3.63) is 58.7 Å². The fourth-order valence-electron chi connectivity index (χ4n) is 4.58. The van der Waals surface area contributed by atoms with Crippen LogP contribution in [0.2, 0.25) is 0 Å². The van der Waals surface area contributed by atoms with Gasteiger partial charge in [-0.25, -0.2) is 0 Å². The van der Waals surface area contributed by atoms with Crippen LogP contribution in [0.25, 0.3) is 0 Å². The molecule has 0 bridgehead atoms. The molecule has 4 rings (SSSR count). The van der Waals surface area contributed by atoms with Crippen LogP contribution in [-0.2, 0) is 0 Å². The Morgan fingerprint density at radius 1 is 1.07 bits per heavy atom. The Bertz CT molecular complexity index is 925. The van der Waals surface area contributed by atoms with Gasteiger partial charge in [-0.15, -0.1) is 0 Å². The zero-order chi connectivity index (χ0) is 19.4. The fourth-order valence-corrected chi connectivity index (χ4v) is 5.04. The largest absolute Gasteiger partial charge is 0.508 e. The Morgan fingerprint density at radius 3 is 2.52 bits per heavy atom. The van der Waals surface area contributed by atoms with Crippen molar-refractivity contribution in [2.24, 2.45) is 0 Å². The molecule has 2 aromatic carbocycles. The quantitative estimate of drug-likeness (QED) is 0.643. The first-order valence-electron chi connectivity index (χ1n) is 9.37. The first-order valence-corrected chi connectivity index (χ1v) is 9.78. The molecule has 2 atom stereocenters. The van der Waals surface area contributed by atoms with E-state index in [1.807, 2.05) is 13.0 Å². The van der Waals surface area contributed by atoms with Gasteiger partial charge in [0.25, 0.3) is 0 Å². The molecule has 0 unspecified atom stereocenters. The number of phenols is 1. The monoisotopic (exact) mass is 382 g/mol. The molecule has 142 valence electrons. The zero-order valence-electron chi connectivity index (χ0n) is 16.2. The summed E-state index contributed by atoms with van der Waals surface area (Å²) in [5, 5.41) is 17.6. The maximum absolute atomic E-state index is 10.3. The SMILES string of the molecule is Cc1ccccc1[C@H]1C[C@@]2(CC(C)(C)NC(=S)N2)Oc2c1ccc(O)c2C. The van der Waals surface area contributed by atoms with Gasteiger partial charge in [-0.1, -0.05) is 30.3 Å². The highest BCUT2D eigenvalue weighted by molar-refractivity contribution is 7.80. The second-order valence-corrected chi connectivity index (χ2v) is 8.89.